The van der Waals surface area contributed by atoms with E-state index in [2.05, 4.69) is 5.32 Å². The summed E-state index contributed by atoms with van der Waals surface area (Å²) in [6.07, 6.45) is 0.280. The van der Waals surface area contributed by atoms with Gasteiger partial charge in [0.25, 0.3) is 5.91 Å². The molecule has 2 atom stereocenters. The molecule has 0 radical (unpaired) electrons. The summed E-state index contributed by atoms with van der Waals surface area (Å²) in [6.45, 7) is -0.764. The molecule has 4 amide bonds. The van der Waals surface area contributed by atoms with Crippen molar-refractivity contribution in [2.24, 2.45) is 0 Å². The normalized spacial score (nSPS) is 20.9. The lowest BCUT2D eigenvalue weighted by Crippen LogP contribution is -2.57. The summed E-state index contributed by atoms with van der Waals surface area (Å²) >= 11 is 0. The van der Waals surface area contributed by atoms with E-state index in [1.807, 2.05) is 5.32 Å². The summed E-state index contributed by atoms with van der Waals surface area (Å²) < 4.78 is 0. The van der Waals surface area contributed by atoms with Gasteiger partial charge in [-0.1, -0.05) is 0 Å². The minimum Gasteiger partial charge on any atom is -0.480 e. The molecule has 9 heteroatoms. The Morgan fingerprint density at radius 3 is 2.63 bits per heavy atom. The molecule has 0 aliphatic carbocycles. The molecule has 0 spiro atoms. The molecule has 1 heterocycles. The highest BCUT2D eigenvalue weighted by Gasteiger charge is 2.33. The number of aliphatic hydroxyl groups excluding tert-OH is 1. The lowest BCUT2D eigenvalue weighted by atomic mass is 10.1. The maximum absolute atomic E-state index is 11.7. The van der Waals surface area contributed by atoms with E-state index in [1.165, 1.54) is 7.05 Å². The number of likely N-dealkylation sites (tertiary alicyclic amines) is 1. The van der Waals surface area contributed by atoms with Crippen LogP contribution in [-0.2, 0) is 14.4 Å². The van der Waals surface area contributed by atoms with E-state index < -0.39 is 36.6 Å². The molecule has 106 valence electrons. The van der Waals surface area contributed by atoms with Gasteiger partial charge < -0.3 is 20.8 Å². The van der Waals surface area contributed by atoms with Gasteiger partial charge in [-0.3, -0.25) is 14.5 Å². The number of aliphatic carboxylic acids is 1. The highest BCUT2D eigenvalue weighted by molar-refractivity contribution is 6.01. The minimum absolute atomic E-state index is 0.121. The summed E-state index contributed by atoms with van der Waals surface area (Å²) in [5, 5.41) is 21.6. The summed E-state index contributed by atoms with van der Waals surface area (Å²) in [4.78, 5) is 45.8. The Bertz CT molecular complexity index is 410. The Morgan fingerprint density at radius 2 is 2.11 bits per heavy atom. The lowest BCUT2D eigenvalue weighted by Gasteiger charge is -2.28. The number of carboxylic acid groups (broad SMARTS) is 1. The molecular weight excluding hydrogens is 258 g/mol. The number of likely N-dealkylation sites (N-methyl/N-ethyl adjacent to an activating group) is 1. The van der Waals surface area contributed by atoms with E-state index in [9.17, 15) is 19.2 Å². The smallest absolute Gasteiger partial charge is 0.328 e. The molecule has 2 unspecified atom stereocenters. The van der Waals surface area contributed by atoms with Crippen LogP contribution in [0.25, 0.3) is 0 Å². The SMILES string of the molecule is CN1C(=O)CCC(NC(=O)NC(CO)C(=O)O)C1=O. The third-order valence-electron chi connectivity index (χ3n) is 2.74. The molecule has 1 fully saturated rings. The maximum Gasteiger partial charge on any atom is 0.328 e. The lowest BCUT2D eigenvalue weighted by molar-refractivity contribution is -0.147. The third-order valence-corrected chi connectivity index (χ3v) is 2.74. The van der Waals surface area contributed by atoms with Gasteiger partial charge in [0.05, 0.1) is 6.61 Å². The monoisotopic (exact) mass is 273 g/mol. The van der Waals surface area contributed by atoms with E-state index >= 15 is 0 Å². The Morgan fingerprint density at radius 1 is 1.47 bits per heavy atom. The van der Waals surface area contributed by atoms with Crippen molar-refractivity contribution < 1.29 is 29.4 Å². The van der Waals surface area contributed by atoms with Crippen molar-refractivity contribution in [3.05, 3.63) is 0 Å². The summed E-state index contributed by atoms with van der Waals surface area (Å²) in [5.74, 6) is -2.27. The zero-order valence-corrected chi connectivity index (χ0v) is 10.3. The van der Waals surface area contributed by atoms with Crippen molar-refractivity contribution in [2.45, 2.75) is 24.9 Å². The molecular formula is C10H15N3O6. The van der Waals surface area contributed by atoms with Crippen LogP contribution in [0.1, 0.15) is 12.8 Å². The first kappa shape index (κ1) is 14.9. The van der Waals surface area contributed by atoms with Crippen molar-refractivity contribution in [2.75, 3.05) is 13.7 Å². The molecule has 4 N–H and O–H groups in total. The number of amides is 4. The van der Waals surface area contributed by atoms with Crippen LogP contribution < -0.4 is 10.6 Å². The number of nitrogens with zero attached hydrogens (tertiary/aromatic N) is 1. The number of carboxylic acids is 1. The third kappa shape index (κ3) is 3.65. The Kier molecular flexibility index (Phi) is 4.81. The van der Waals surface area contributed by atoms with E-state index in [0.717, 1.165) is 4.90 Å². The molecule has 19 heavy (non-hydrogen) atoms. The number of aliphatic hydroxyl groups is 1. The molecule has 0 aromatic heterocycles. The van der Waals surface area contributed by atoms with Crippen molar-refractivity contribution >= 4 is 23.8 Å². The van der Waals surface area contributed by atoms with E-state index in [-0.39, 0.29) is 18.7 Å². The number of rotatable bonds is 4. The largest absolute Gasteiger partial charge is 0.480 e. The second-order valence-corrected chi connectivity index (χ2v) is 4.07. The maximum atomic E-state index is 11.7. The van der Waals surface area contributed by atoms with Gasteiger partial charge in [0, 0.05) is 13.5 Å². The van der Waals surface area contributed by atoms with Crippen molar-refractivity contribution in [3.8, 4) is 0 Å². The number of hydrogen-bond acceptors (Lipinski definition) is 5. The number of nitrogens with one attached hydrogen (secondary N) is 2. The molecule has 9 nitrogen and oxygen atoms in total. The Balaban J connectivity index is 2.55. The Labute approximate surface area is 108 Å². The summed E-state index contributed by atoms with van der Waals surface area (Å²) in [7, 11) is 1.31. The van der Waals surface area contributed by atoms with Gasteiger partial charge in [-0.15, -0.1) is 0 Å². The van der Waals surface area contributed by atoms with Crippen LogP contribution in [0.3, 0.4) is 0 Å². The zero-order valence-electron chi connectivity index (χ0n) is 10.3. The first-order valence-electron chi connectivity index (χ1n) is 5.58. The van der Waals surface area contributed by atoms with Gasteiger partial charge in [-0.05, 0) is 6.42 Å². The fourth-order valence-corrected chi connectivity index (χ4v) is 1.59. The average Bonchev–Trinajstić information content (AvgIpc) is 2.36. The van der Waals surface area contributed by atoms with Gasteiger partial charge in [0.2, 0.25) is 5.91 Å². The molecule has 1 rings (SSSR count). The molecule has 1 aliphatic rings. The van der Waals surface area contributed by atoms with E-state index in [0.29, 0.717) is 0 Å². The predicted octanol–water partition coefficient (Wildman–Crippen LogP) is -2.12. The number of urea groups is 1. The van der Waals surface area contributed by atoms with Crippen LogP contribution in [0.2, 0.25) is 0 Å². The van der Waals surface area contributed by atoms with Crippen LogP contribution in [0, 0.1) is 0 Å². The van der Waals surface area contributed by atoms with Crippen molar-refractivity contribution in [1.29, 1.82) is 0 Å². The van der Waals surface area contributed by atoms with Gasteiger partial charge in [0.15, 0.2) is 6.04 Å². The average molecular weight is 273 g/mol. The van der Waals surface area contributed by atoms with Gasteiger partial charge in [0.1, 0.15) is 6.04 Å². The molecule has 0 aromatic carbocycles. The summed E-state index contributed by atoms with van der Waals surface area (Å²) in [6, 6.07) is -3.21. The molecule has 1 aliphatic heterocycles. The minimum atomic E-state index is -1.45. The number of hydrogen-bond donors (Lipinski definition) is 4. The van der Waals surface area contributed by atoms with E-state index in [4.69, 9.17) is 10.2 Å². The standard InChI is InChI=1S/C10H15N3O6/c1-13-7(15)3-2-5(8(13)16)11-10(19)12-6(4-14)9(17)18/h5-6,14H,2-4H2,1H3,(H,17,18)(H2,11,12,19). The van der Waals surface area contributed by atoms with Gasteiger partial charge >= 0.3 is 12.0 Å². The number of imide groups is 1. The van der Waals surface area contributed by atoms with Crippen LogP contribution in [0.4, 0.5) is 4.79 Å². The van der Waals surface area contributed by atoms with Crippen LogP contribution in [-0.4, -0.2) is 64.7 Å². The molecule has 1 saturated heterocycles. The highest BCUT2D eigenvalue weighted by atomic mass is 16.4. The summed E-state index contributed by atoms with van der Waals surface area (Å²) in [5.41, 5.74) is 0. The molecule has 0 bridgehead atoms. The fourth-order valence-electron chi connectivity index (χ4n) is 1.59. The van der Waals surface area contributed by atoms with Crippen molar-refractivity contribution in [1.82, 2.24) is 15.5 Å². The highest BCUT2D eigenvalue weighted by Crippen LogP contribution is 2.11. The first-order valence-corrected chi connectivity index (χ1v) is 5.58. The molecule has 0 saturated carbocycles. The second-order valence-electron chi connectivity index (χ2n) is 4.07. The van der Waals surface area contributed by atoms with Gasteiger partial charge in [-0.2, -0.15) is 0 Å². The Hall–Kier alpha value is -2.16. The van der Waals surface area contributed by atoms with Crippen LogP contribution in [0.5, 0.6) is 0 Å². The van der Waals surface area contributed by atoms with Crippen LogP contribution >= 0.6 is 0 Å². The quantitative estimate of drug-likeness (QED) is 0.432. The second kappa shape index (κ2) is 6.14. The molecule has 0 aromatic rings. The van der Waals surface area contributed by atoms with Crippen LogP contribution in [0.15, 0.2) is 0 Å². The fraction of sp³-hybridized carbons (Fsp3) is 0.600. The topological polar surface area (TPSA) is 136 Å². The number of carbonyl (C=O) groups excluding carboxylic acids is 3. The van der Waals surface area contributed by atoms with Crippen molar-refractivity contribution in [3.63, 3.8) is 0 Å². The zero-order chi connectivity index (χ0) is 14.6. The first-order chi connectivity index (χ1) is 8.86. The predicted molar refractivity (Wildman–Crippen MR) is 61.0 cm³/mol. The number of piperidine rings is 1. The van der Waals surface area contributed by atoms with Gasteiger partial charge in [-0.25, -0.2) is 9.59 Å². The number of carbonyl (C=O) groups is 4. The van der Waals surface area contributed by atoms with E-state index in [1.54, 1.807) is 0 Å².